The Hall–Kier alpha value is -5.17. The molecule has 0 unspecified atom stereocenters. The van der Waals surface area contributed by atoms with Crippen molar-refractivity contribution in [3.05, 3.63) is 141 Å². The molecule has 0 aliphatic rings. The summed E-state index contributed by atoms with van der Waals surface area (Å²) < 4.78 is 7.50. The minimum absolute atomic E-state index is 0.166. The van der Waals surface area contributed by atoms with Gasteiger partial charge in [-0.2, -0.15) is 9.78 Å². The number of nitrogens with zero attached hydrogens (tertiary/aromatic N) is 2. The topological polar surface area (TPSA) is 85.2 Å². The standard InChI is InChI=1S/C34H32N4O3/c1-22-13-16-29(17-14-22)38-34(40)32(31(21-35-38)41-30-18-15-23(2)24(3)19-30)37-28-12-8-11-27(20-28)33(39)36-25(4)26-9-6-5-7-10-26/h5-21,25,37H,1-4H3,(H,36,39)/t25-/m0/s1. The average Bonchev–Trinajstić information content (AvgIpc) is 2.98. The zero-order valence-electron chi connectivity index (χ0n) is 23.5. The van der Waals surface area contributed by atoms with Gasteiger partial charge in [0.2, 0.25) is 0 Å². The molecule has 1 atom stereocenters. The first-order valence-electron chi connectivity index (χ1n) is 13.5. The number of hydrogen-bond acceptors (Lipinski definition) is 5. The molecule has 1 amide bonds. The minimum Gasteiger partial charge on any atom is -0.453 e. The summed E-state index contributed by atoms with van der Waals surface area (Å²) in [6, 6.07) is 29.9. The molecular formula is C34H32N4O3. The van der Waals surface area contributed by atoms with Crippen molar-refractivity contribution in [1.82, 2.24) is 15.1 Å². The van der Waals surface area contributed by atoms with Crippen LogP contribution in [0.4, 0.5) is 11.4 Å². The van der Waals surface area contributed by atoms with Crippen molar-refractivity contribution in [2.75, 3.05) is 5.32 Å². The van der Waals surface area contributed by atoms with Crippen molar-refractivity contribution >= 4 is 17.3 Å². The van der Waals surface area contributed by atoms with Gasteiger partial charge < -0.3 is 15.4 Å². The van der Waals surface area contributed by atoms with E-state index < -0.39 is 0 Å². The van der Waals surface area contributed by atoms with Gasteiger partial charge >= 0.3 is 0 Å². The quantitative estimate of drug-likeness (QED) is 0.216. The average molecular weight is 545 g/mol. The van der Waals surface area contributed by atoms with Crippen LogP contribution in [0.15, 0.2) is 108 Å². The molecule has 206 valence electrons. The normalized spacial score (nSPS) is 11.5. The van der Waals surface area contributed by atoms with Gasteiger partial charge in [0.05, 0.1) is 17.9 Å². The highest BCUT2D eigenvalue weighted by atomic mass is 16.5. The zero-order valence-corrected chi connectivity index (χ0v) is 23.5. The molecular weight excluding hydrogens is 512 g/mol. The van der Waals surface area contributed by atoms with Gasteiger partial charge in [0.25, 0.3) is 11.5 Å². The van der Waals surface area contributed by atoms with Crippen LogP contribution in [-0.4, -0.2) is 15.7 Å². The van der Waals surface area contributed by atoms with Crippen molar-refractivity contribution in [2.45, 2.75) is 33.7 Å². The van der Waals surface area contributed by atoms with Crippen molar-refractivity contribution in [3.8, 4) is 17.2 Å². The van der Waals surface area contributed by atoms with Gasteiger partial charge in [-0.05, 0) is 86.8 Å². The van der Waals surface area contributed by atoms with E-state index in [4.69, 9.17) is 4.74 Å². The predicted molar refractivity (Wildman–Crippen MR) is 163 cm³/mol. The largest absolute Gasteiger partial charge is 0.453 e. The molecule has 7 nitrogen and oxygen atoms in total. The van der Waals surface area contributed by atoms with Gasteiger partial charge in [-0.15, -0.1) is 0 Å². The number of nitrogens with one attached hydrogen (secondary N) is 2. The Morgan fingerprint density at radius 2 is 1.61 bits per heavy atom. The third-order valence-corrected chi connectivity index (χ3v) is 6.97. The Morgan fingerprint density at radius 3 is 2.34 bits per heavy atom. The minimum atomic E-state index is -0.386. The number of carbonyl (C=O) groups excluding carboxylic acids is 1. The Balaban J connectivity index is 1.48. The van der Waals surface area contributed by atoms with E-state index in [1.165, 1.54) is 10.9 Å². The second-order valence-electron chi connectivity index (χ2n) is 10.1. The zero-order chi connectivity index (χ0) is 28.9. The van der Waals surface area contributed by atoms with Gasteiger partial charge in [0, 0.05) is 11.3 Å². The van der Waals surface area contributed by atoms with Crippen molar-refractivity contribution < 1.29 is 9.53 Å². The molecule has 0 fully saturated rings. The van der Waals surface area contributed by atoms with E-state index in [2.05, 4.69) is 15.7 Å². The second kappa shape index (κ2) is 11.9. The highest BCUT2D eigenvalue weighted by Crippen LogP contribution is 2.30. The lowest BCUT2D eigenvalue weighted by molar-refractivity contribution is 0.0940. The summed E-state index contributed by atoms with van der Waals surface area (Å²) in [6.45, 7) is 7.96. The molecule has 1 aromatic heterocycles. The molecule has 5 rings (SSSR count). The number of carbonyl (C=O) groups is 1. The van der Waals surface area contributed by atoms with E-state index >= 15 is 0 Å². The van der Waals surface area contributed by atoms with E-state index in [1.54, 1.807) is 24.3 Å². The first kappa shape index (κ1) is 27.4. The van der Waals surface area contributed by atoms with Gasteiger partial charge in [0.15, 0.2) is 11.4 Å². The Labute approximate surface area is 239 Å². The summed E-state index contributed by atoms with van der Waals surface area (Å²) in [4.78, 5) is 26.9. The monoisotopic (exact) mass is 544 g/mol. The van der Waals surface area contributed by atoms with E-state index in [9.17, 15) is 9.59 Å². The number of anilines is 2. The molecule has 1 heterocycles. The number of aryl methyl sites for hydroxylation is 3. The van der Waals surface area contributed by atoms with Crippen LogP contribution in [0.2, 0.25) is 0 Å². The van der Waals surface area contributed by atoms with Crippen molar-refractivity contribution in [1.29, 1.82) is 0 Å². The Bertz CT molecular complexity index is 1750. The summed E-state index contributed by atoms with van der Waals surface area (Å²) in [7, 11) is 0. The molecule has 41 heavy (non-hydrogen) atoms. The molecule has 4 aromatic carbocycles. The molecule has 0 saturated heterocycles. The number of hydrogen-bond donors (Lipinski definition) is 2. The van der Waals surface area contributed by atoms with Gasteiger partial charge in [-0.3, -0.25) is 9.59 Å². The maximum absolute atomic E-state index is 13.8. The third kappa shape index (κ3) is 6.36. The molecule has 0 radical (unpaired) electrons. The fraction of sp³-hybridized carbons (Fsp3) is 0.147. The summed E-state index contributed by atoms with van der Waals surface area (Å²) >= 11 is 0. The van der Waals surface area contributed by atoms with Gasteiger partial charge in [0.1, 0.15) is 5.75 Å². The van der Waals surface area contributed by atoms with Gasteiger partial charge in [-0.25, -0.2) is 0 Å². The molecule has 2 N–H and O–H groups in total. The van der Waals surface area contributed by atoms with Gasteiger partial charge in [-0.1, -0.05) is 60.2 Å². The lowest BCUT2D eigenvalue weighted by atomic mass is 10.1. The lowest BCUT2D eigenvalue weighted by Crippen LogP contribution is -2.26. The summed E-state index contributed by atoms with van der Waals surface area (Å²) in [5, 5.41) is 10.6. The van der Waals surface area contributed by atoms with Crippen LogP contribution in [-0.2, 0) is 0 Å². The predicted octanol–water partition coefficient (Wildman–Crippen LogP) is 7.18. The number of amides is 1. The van der Waals surface area contributed by atoms with Crippen molar-refractivity contribution in [2.24, 2.45) is 0 Å². The van der Waals surface area contributed by atoms with Crippen LogP contribution in [0.5, 0.6) is 11.5 Å². The number of ether oxygens (including phenoxy) is 1. The van der Waals surface area contributed by atoms with E-state index in [1.807, 2.05) is 100 Å². The fourth-order valence-corrected chi connectivity index (χ4v) is 4.39. The SMILES string of the molecule is Cc1ccc(-n2ncc(Oc3ccc(C)c(C)c3)c(Nc3cccc(C(=O)N[C@@H](C)c4ccccc4)c3)c2=O)cc1. The van der Waals surface area contributed by atoms with Crippen LogP contribution in [0.1, 0.15) is 45.6 Å². The maximum Gasteiger partial charge on any atom is 0.299 e. The van der Waals surface area contributed by atoms with E-state index in [0.29, 0.717) is 22.7 Å². The number of benzene rings is 4. The molecule has 0 bridgehead atoms. The Kier molecular flexibility index (Phi) is 7.97. The second-order valence-corrected chi connectivity index (χ2v) is 10.1. The van der Waals surface area contributed by atoms with Crippen LogP contribution >= 0.6 is 0 Å². The first-order valence-corrected chi connectivity index (χ1v) is 13.5. The summed E-state index contributed by atoms with van der Waals surface area (Å²) in [5.74, 6) is 0.644. The van der Waals surface area contributed by atoms with Crippen LogP contribution < -0.4 is 20.9 Å². The molecule has 5 aromatic rings. The van der Waals surface area contributed by atoms with Crippen LogP contribution in [0, 0.1) is 20.8 Å². The molecule has 0 spiro atoms. The lowest BCUT2D eigenvalue weighted by Gasteiger charge is -2.16. The maximum atomic E-state index is 13.8. The highest BCUT2D eigenvalue weighted by molar-refractivity contribution is 5.95. The summed E-state index contributed by atoms with van der Waals surface area (Å²) in [5.41, 5.74) is 5.77. The molecule has 0 aliphatic heterocycles. The number of aromatic nitrogens is 2. The fourth-order valence-electron chi connectivity index (χ4n) is 4.39. The first-order chi connectivity index (χ1) is 19.8. The van der Waals surface area contributed by atoms with Crippen LogP contribution in [0.25, 0.3) is 5.69 Å². The van der Waals surface area contributed by atoms with Crippen LogP contribution in [0.3, 0.4) is 0 Å². The van der Waals surface area contributed by atoms with Crippen molar-refractivity contribution in [3.63, 3.8) is 0 Å². The summed E-state index contributed by atoms with van der Waals surface area (Å²) in [6.07, 6.45) is 1.52. The number of rotatable bonds is 8. The molecule has 7 heteroatoms. The molecule has 0 saturated carbocycles. The Morgan fingerprint density at radius 1 is 0.854 bits per heavy atom. The smallest absolute Gasteiger partial charge is 0.299 e. The highest BCUT2D eigenvalue weighted by Gasteiger charge is 2.17. The van der Waals surface area contributed by atoms with E-state index in [0.717, 1.165) is 22.3 Å². The molecule has 0 aliphatic carbocycles. The third-order valence-electron chi connectivity index (χ3n) is 6.97. The van der Waals surface area contributed by atoms with E-state index in [-0.39, 0.29) is 28.9 Å².